The fourth-order valence-corrected chi connectivity index (χ4v) is 5.02. The highest BCUT2D eigenvalue weighted by Gasteiger charge is 2.51. The summed E-state index contributed by atoms with van der Waals surface area (Å²) in [5.41, 5.74) is 0.00511. The molecule has 19 heavy (non-hydrogen) atoms. The number of likely N-dealkylation sites (N-methyl/N-ethyl adjacent to an activating group) is 1. The molecule has 0 aromatic carbocycles. The van der Waals surface area contributed by atoms with Crippen LogP contribution < -0.4 is 5.32 Å². The van der Waals surface area contributed by atoms with Gasteiger partial charge in [-0.05, 0) is 76.8 Å². The van der Waals surface area contributed by atoms with E-state index in [4.69, 9.17) is 0 Å². The van der Waals surface area contributed by atoms with Gasteiger partial charge in [0, 0.05) is 18.5 Å². The highest BCUT2D eigenvalue weighted by atomic mass is 16.2. The average Bonchev–Trinajstić information content (AvgIpc) is 2.54. The number of carbonyl (C=O) groups is 1. The molecule has 0 saturated heterocycles. The predicted molar refractivity (Wildman–Crippen MR) is 76.8 cm³/mol. The van der Waals surface area contributed by atoms with Gasteiger partial charge in [0.05, 0.1) is 0 Å². The smallest absolute Gasteiger partial charge is 0.226 e. The van der Waals surface area contributed by atoms with Crippen molar-refractivity contribution in [3.8, 4) is 0 Å². The van der Waals surface area contributed by atoms with E-state index >= 15 is 0 Å². The Morgan fingerprint density at radius 3 is 2.42 bits per heavy atom. The Labute approximate surface area is 117 Å². The quantitative estimate of drug-likeness (QED) is 0.845. The van der Waals surface area contributed by atoms with Crippen molar-refractivity contribution in [2.45, 2.75) is 44.9 Å². The second-order valence-electron chi connectivity index (χ2n) is 7.59. The van der Waals surface area contributed by atoms with Crippen LogP contribution in [0.15, 0.2) is 0 Å². The average molecular weight is 264 g/mol. The molecule has 4 aliphatic carbocycles. The number of nitrogens with zero attached hydrogens (tertiary/aromatic N) is 1. The molecule has 0 aromatic rings. The van der Waals surface area contributed by atoms with Crippen LogP contribution in [-0.4, -0.2) is 38.0 Å². The van der Waals surface area contributed by atoms with E-state index in [2.05, 4.69) is 24.3 Å². The van der Waals surface area contributed by atoms with Crippen molar-refractivity contribution in [3.63, 3.8) is 0 Å². The molecule has 0 heterocycles. The van der Waals surface area contributed by atoms with Gasteiger partial charge in [0.2, 0.25) is 5.91 Å². The van der Waals surface area contributed by atoms with Crippen molar-refractivity contribution in [1.29, 1.82) is 0 Å². The maximum absolute atomic E-state index is 12.7. The van der Waals surface area contributed by atoms with E-state index in [0.717, 1.165) is 37.3 Å². The Morgan fingerprint density at radius 2 is 1.79 bits per heavy atom. The van der Waals surface area contributed by atoms with Gasteiger partial charge >= 0.3 is 0 Å². The first-order valence-electron chi connectivity index (χ1n) is 8.00. The van der Waals surface area contributed by atoms with Crippen molar-refractivity contribution < 1.29 is 4.79 Å². The van der Waals surface area contributed by atoms with E-state index in [0.29, 0.717) is 5.91 Å². The summed E-state index contributed by atoms with van der Waals surface area (Å²) in [7, 11) is 4.11. The summed E-state index contributed by atoms with van der Waals surface area (Å²) in [5, 5.41) is 3.22. The number of fused-ring (bicyclic) bond motifs is 1. The van der Waals surface area contributed by atoms with E-state index in [1.807, 2.05) is 0 Å². The molecule has 108 valence electrons. The van der Waals surface area contributed by atoms with Gasteiger partial charge in [-0.25, -0.2) is 0 Å². The monoisotopic (exact) mass is 264 g/mol. The lowest BCUT2D eigenvalue weighted by Crippen LogP contribution is -2.47. The Balaban J connectivity index is 1.66. The van der Waals surface area contributed by atoms with E-state index in [1.54, 1.807) is 0 Å². The fraction of sp³-hybridized carbons (Fsp3) is 0.938. The number of amides is 1. The van der Waals surface area contributed by atoms with Gasteiger partial charge in [-0.1, -0.05) is 0 Å². The molecule has 4 fully saturated rings. The van der Waals surface area contributed by atoms with Gasteiger partial charge < -0.3 is 10.2 Å². The first kappa shape index (κ1) is 13.4. The first-order valence-corrected chi connectivity index (χ1v) is 8.00. The van der Waals surface area contributed by atoms with Crippen LogP contribution in [0.5, 0.6) is 0 Å². The van der Waals surface area contributed by atoms with Gasteiger partial charge in [0.1, 0.15) is 0 Å². The van der Waals surface area contributed by atoms with E-state index < -0.39 is 0 Å². The van der Waals surface area contributed by atoms with Crippen LogP contribution in [0.25, 0.3) is 0 Å². The minimum atomic E-state index is 0.00511. The van der Waals surface area contributed by atoms with Crippen LogP contribution >= 0.6 is 0 Å². The van der Waals surface area contributed by atoms with Crippen LogP contribution in [0.1, 0.15) is 44.9 Å². The number of nitrogens with one attached hydrogen (secondary N) is 1. The van der Waals surface area contributed by atoms with E-state index in [9.17, 15) is 4.79 Å². The molecule has 2 unspecified atom stereocenters. The van der Waals surface area contributed by atoms with Crippen LogP contribution in [0.3, 0.4) is 0 Å². The zero-order valence-corrected chi connectivity index (χ0v) is 12.5. The van der Waals surface area contributed by atoms with Crippen molar-refractivity contribution in [3.05, 3.63) is 0 Å². The summed E-state index contributed by atoms with van der Waals surface area (Å²) in [6, 6.07) is 0. The van der Waals surface area contributed by atoms with Gasteiger partial charge in [-0.15, -0.1) is 0 Å². The second-order valence-corrected chi connectivity index (χ2v) is 7.59. The number of rotatable bonds is 4. The maximum Gasteiger partial charge on any atom is 0.226 e. The third-order valence-electron chi connectivity index (χ3n) is 5.72. The van der Waals surface area contributed by atoms with Crippen LogP contribution in [-0.2, 0) is 4.79 Å². The molecule has 3 nitrogen and oxygen atoms in total. The third-order valence-corrected chi connectivity index (χ3v) is 5.72. The number of hydrogen-bond donors (Lipinski definition) is 1. The molecule has 0 spiro atoms. The molecule has 4 atom stereocenters. The van der Waals surface area contributed by atoms with Crippen LogP contribution in [0, 0.1) is 23.2 Å². The van der Waals surface area contributed by atoms with Crippen molar-refractivity contribution in [2.24, 2.45) is 23.2 Å². The molecule has 1 N–H and O–H groups in total. The van der Waals surface area contributed by atoms with E-state index in [1.165, 1.54) is 38.5 Å². The molecule has 0 aromatic heterocycles. The van der Waals surface area contributed by atoms with E-state index in [-0.39, 0.29) is 5.41 Å². The second kappa shape index (κ2) is 5.08. The Hall–Kier alpha value is -0.570. The molecule has 4 aliphatic rings. The Morgan fingerprint density at radius 1 is 1.16 bits per heavy atom. The summed E-state index contributed by atoms with van der Waals surface area (Å²) >= 11 is 0. The summed E-state index contributed by atoms with van der Waals surface area (Å²) in [6.07, 6.45) is 9.02. The van der Waals surface area contributed by atoms with Crippen molar-refractivity contribution >= 4 is 5.91 Å². The lowest BCUT2D eigenvalue weighted by Gasteiger charge is -2.44. The summed E-state index contributed by atoms with van der Waals surface area (Å²) in [4.78, 5) is 14.8. The predicted octanol–water partition coefficient (Wildman–Crippen LogP) is 2.27. The number of hydrogen-bond acceptors (Lipinski definition) is 2. The first-order chi connectivity index (χ1) is 9.07. The molecular formula is C16H28N2O. The standard InChI is InChI=1S/C16H28N2O/c1-18(2)6-5-17-15(19)16-4-3-12-7-13(10-16)9-14(8-12)11-16/h12-14H,3-11H2,1-2H3,(H,17,19)/t12?,13-,14+,16?. The van der Waals surface area contributed by atoms with Crippen molar-refractivity contribution in [1.82, 2.24) is 10.2 Å². The van der Waals surface area contributed by atoms with Crippen LogP contribution in [0.2, 0.25) is 0 Å². The maximum atomic E-state index is 12.7. The summed E-state index contributed by atoms with van der Waals surface area (Å²) in [5.74, 6) is 2.99. The van der Waals surface area contributed by atoms with Gasteiger partial charge in [-0.2, -0.15) is 0 Å². The molecule has 4 rings (SSSR count). The fourth-order valence-electron chi connectivity index (χ4n) is 5.02. The minimum absolute atomic E-state index is 0.00511. The minimum Gasteiger partial charge on any atom is -0.354 e. The molecular weight excluding hydrogens is 236 g/mol. The van der Waals surface area contributed by atoms with Crippen molar-refractivity contribution in [2.75, 3.05) is 27.2 Å². The third kappa shape index (κ3) is 2.67. The topological polar surface area (TPSA) is 32.3 Å². The van der Waals surface area contributed by atoms with Gasteiger partial charge in [-0.3, -0.25) is 4.79 Å². The molecule has 4 saturated carbocycles. The summed E-state index contributed by atoms with van der Waals surface area (Å²) < 4.78 is 0. The molecule has 4 bridgehead atoms. The molecule has 1 amide bonds. The molecule has 3 heteroatoms. The molecule has 0 aliphatic heterocycles. The lowest BCUT2D eigenvalue weighted by molar-refractivity contribution is -0.135. The normalized spacial score (nSPS) is 40.5. The van der Waals surface area contributed by atoms with Gasteiger partial charge in [0.15, 0.2) is 0 Å². The Bertz CT molecular complexity index is 339. The zero-order chi connectivity index (χ0) is 13.5. The number of carbonyl (C=O) groups excluding carboxylic acids is 1. The SMILES string of the molecule is CN(C)CCNC(=O)C12CCC3C[C@H](C[C@H](C3)C1)C2. The highest BCUT2D eigenvalue weighted by Crippen LogP contribution is 2.57. The largest absolute Gasteiger partial charge is 0.354 e. The molecule has 0 radical (unpaired) electrons. The van der Waals surface area contributed by atoms with Crippen LogP contribution in [0.4, 0.5) is 0 Å². The highest BCUT2D eigenvalue weighted by molar-refractivity contribution is 5.82. The lowest BCUT2D eigenvalue weighted by atomic mass is 9.61. The van der Waals surface area contributed by atoms with Gasteiger partial charge in [0.25, 0.3) is 0 Å². The Kier molecular flexibility index (Phi) is 3.59. The zero-order valence-electron chi connectivity index (χ0n) is 12.5. The summed E-state index contributed by atoms with van der Waals surface area (Å²) in [6.45, 7) is 1.74.